The molecule has 0 bridgehead atoms. The summed E-state index contributed by atoms with van der Waals surface area (Å²) >= 11 is 0. The maximum atomic E-state index is 13.0. The lowest BCUT2D eigenvalue weighted by Crippen LogP contribution is -2.35. The van der Waals surface area contributed by atoms with Crippen molar-refractivity contribution in [3.63, 3.8) is 0 Å². The summed E-state index contributed by atoms with van der Waals surface area (Å²) in [6.45, 7) is 0.791. The molecule has 2 N–H and O–H groups in total. The van der Waals surface area contributed by atoms with Crippen molar-refractivity contribution in [2.75, 3.05) is 17.2 Å². The van der Waals surface area contributed by atoms with Crippen LogP contribution in [0.2, 0.25) is 0 Å². The number of nitrogen functional groups attached to an aromatic ring is 1. The van der Waals surface area contributed by atoms with Gasteiger partial charge in [-0.25, -0.2) is 0 Å². The molecule has 1 fully saturated rings. The van der Waals surface area contributed by atoms with E-state index in [1.807, 2.05) is 29.2 Å². The van der Waals surface area contributed by atoms with Crippen LogP contribution in [0.1, 0.15) is 41.6 Å². The lowest BCUT2D eigenvalue weighted by atomic mass is 9.81. The molecule has 1 amide bonds. The third kappa shape index (κ3) is 1.85. The Morgan fingerprint density at radius 2 is 1.68 bits per heavy atom. The van der Waals surface area contributed by atoms with Crippen molar-refractivity contribution >= 4 is 17.3 Å². The minimum atomic E-state index is 0.0225. The van der Waals surface area contributed by atoms with Crippen molar-refractivity contribution < 1.29 is 4.79 Å². The number of fused-ring (bicyclic) bond motifs is 2. The smallest absolute Gasteiger partial charge is 0.260 e. The van der Waals surface area contributed by atoms with E-state index in [-0.39, 0.29) is 11.3 Å². The zero-order valence-corrected chi connectivity index (χ0v) is 12.6. The molecule has 22 heavy (non-hydrogen) atoms. The van der Waals surface area contributed by atoms with Crippen molar-refractivity contribution in [1.82, 2.24) is 0 Å². The van der Waals surface area contributed by atoms with Gasteiger partial charge in [-0.1, -0.05) is 43.2 Å². The topological polar surface area (TPSA) is 46.3 Å². The maximum Gasteiger partial charge on any atom is 0.260 e. The van der Waals surface area contributed by atoms with Crippen molar-refractivity contribution in [3.05, 3.63) is 59.7 Å². The lowest BCUT2D eigenvalue weighted by Gasteiger charge is -2.25. The highest BCUT2D eigenvalue weighted by molar-refractivity contribution is 6.10. The van der Waals surface area contributed by atoms with E-state index < -0.39 is 0 Å². The summed E-state index contributed by atoms with van der Waals surface area (Å²) in [5.74, 6) is 0.0225. The van der Waals surface area contributed by atoms with E-state index in [0.717, 1.165) is 12.2 Å². The fourth-order valence-electron chi connectivity index (χ4n) is 4.13. The molecule has 0 atom stereocenters. The number of hydrogen-bond acceptors (Lipinski definition) is 2. The molecule has 3 nitrogen and oxygen atoms in total. The molecule has 3 heteroatoms. The SMILES string of the molecule is Nc1ccccc1C(=O)N1CC2(CCCC2)c2ccccc21. The summed E-state index contributed by atoms with van der Waals surface area (Å²) in [7, 11) is 0. The Morgan fingerprint density at radius 1 is 1.00 bits per heavy atom. The predicted molar refractivity (Wildman–Crippen MR) is 89.1 cm³/mol. The first kappa shape index (κ1) is 13.4. The van der Waals surface area contributed by atoms with Gasteiger partial charge in [0, 0.05) is 23.3 Å². The highest BCUT2D eigenvalue weighted by Crippen LogP contribution is 2.50. The standard InChI is InChI=1S/C19H20N2O/c20-16-9-3-1-7-14(16)18(22)21-13-19(11-5-6-12-19)15-8-2-4-10-17(15)21/h1-4,7-10H,5-6,11-13,20H2. The zero-order chi connectivity index (χ0) is 15.2. The number of benzene rings is 2. The summed E-state index contributed by atoms with van der Waals surface area (Å²) in [4.78, 5) is 15.0. The third-order valence-electron chi connectivity index (χ3n) is 5.22. The zero-order valence-electron chi connectivity index (χ0n) is 12.6. The van der Waals surface area contributed by atoms with E-state index in [4.69, 9.17) is 5.73 Å². The molecule has 112 valence electrons. The van der Waals surface area contributed by atoms with Crippen LogP contribution in [0.15, 0.2) is 48.5 Å². The monoisotopic (exact) mass is 292 g/mol. The quantitative estimate of drug-likeness (QED) is 0.814. The van der Waals surface area contributed by atoms with Gasteiger partial charge in [0.1, 0.15) is 0 Å². The molecule has 0 radical (unpaired) electrons. The number of hydrogen-bond donors (Lipinski definition) is 1. The molecular formula is C19H20N2O. The van der Waals surface area contributed by atoms with Gasteiger partial charge in [0.05, 0.1) is 5.56 Å². The first-order chi connectivity index (χ1) is 10.7. The van der Waals surface area contributed by atoms with E-state index in [9.17, 15) is 4.79 Å². The van der Waals surface area contributed by atoms with E-state index in [1.54, 1.807) is 6.07 Å². The lowest BCUT2D eigenvalue weighted by molar-refractivity contribution is 0.0986. The van der Waals surface area contributed by atoms with Gasteiger partial charge in [0.25, 0.3) is 5.91 Å². The average molecular weight is 292 g/mol. The molecule has 1 aliphatic heterocycles. The van der Waals surface area contributed by atoms with Gasteiger partial charge in [-0.15, -0.1) is 0 Å². The Labute approximate surface area is 130 Å². The van der Waals surface area contributed by atoms with Crippen molar-refractivity contribution in [2.24, 2.45) is 0 Å². The summed E-state index contributed by atoms with van der Waals surface area (Å²) in [5, 5.41) is 0. The number of carbonyl (C=O) groups excluding carboxylic acids is 1. The molecule has 1 saturated carbocycles. The number of anilines is 2. The average Bonchev–Trinajstić information content (AvgIpc) is 3.14. The molecule has 0 saturated heterocycles. The Kier molecular flexibility index (Phi) is 2.96. The number of carbonyl (C=O) groups is 1. The van der Waals surface area contributed by atoms with E-state index in [2.05, 4.69) is 18.2 Å². The molecular weight excluding hydrogens is 272 g/mol. The Bertz CT molecular complexity index is 732. The van der Waals surface area contributed by atoms with Gasteiger partial charge in [0.15, 0.2) is 0 Å². The molecule has 2 aliphatic rings. The first-order valence-electron chi connectivity index (χ1n) is 7.97. The minimum absolute atomic E-state index is 0.0225. The van der Waals surface area contributed by atoms with Gasteiger partial charge in [-0.2, -0.15) is 0 Å². The molecule has 1 aliphatic carbocycles. The van der Waals surface area contributed by atoms with Crippen molar-refractivity contribution in [2.45, 2.75) is 31.1 Å². The fourth-order valence-corrected chi connectivity index (χ4v) is 4.13. The number of rotatable bonds is 1. The summed E-state index contributed by atoms with van der Waals surface area (Å²) in [6, 6.07) is 15.7. The molecule has 0 aromatic heterocycles. The predicted octanol–water partition coefficient (Wildman–Crippen LogP) is 3.74. The van der Waals surface area contributed by atoms with Crippen LogP contribution < -0.4 is 10.6 Å². The van der Waals surface area contributed by atoms with Gasteiger partial charge in [-0.3, -0.25) is 4.79 Å². The first-order valence-corrected chi connectivity index (χ1v) is 7.97. The van der Waals surface area contributed by atoms with Crippen LogP contribution in [-0.2, 0) is 5.41 Å². The summed E-state index contributed by atoms with van der Waals surface area (Å²) in [5.41, 5.74) is 9.74. The fraction of sp³-hybridized carbons (Fsp3) is 0.316. The van der Waals surface area contributed by atoms with Crippen LogP contribution in [0.25, 0.3) is 0 Å². The Hall–Kier alpha value is -2.29. The number of amides is 1. The van der Waals surface area contributed by atoms with E-state index in [0.29, 0.717) is 11.3 Å². The molecule has 2 aromatic carbocycles. The normalized spacial score (nSPS) is 18.6. The highest BCUT2D eigenvalue weighted by atomic mass is 16.2. The second-order valence-corrected chi connectivity index (χ2v) is 6.48. The Morgan fingerprint density at radius 3 is 2.45 bits per heavy atom. The maximum absolute atomic E-state index is 13.0. The van der Waals surface area contributed by atoms with Crippen LogP contribution in [-0.4, -0.2) is 12.5 Å². The van der Waals surface area contributed by atoms with Crippen LogP contribution in [0.5, 0.6) is 0 Å². The second-order valence-electron chi connectivity index (χ2n) is 6.48. The van der Waals surface area contributed by atoms with Crippen LogP contribution in [0, 0.1) is 0 Å². The number of para-hydroxylation sites is 2. The second kappa shape index (κ2) is 4.87. The van der Waals surface area contributed by atoms with Gasteiger partial charge in [0.2, 0.25) is 0 Å². The van der Waals surface area contributed by atoms with Crippen LogP contribution >= 0.6 is 0 Å². The number of nitrogens with zero attached hydrogens (tertiary/aromatic N) is 1. The van der Waals surface area contributed by atoms with Gasteiger partial charge < -0.3 is 10.6 Å². The minimum Gasteiger partial charge on any atom is -0.398 e. The van der Waals surface area contributed by atoms with Crippen molar-refractivity contribution in [1.29, 1.82) is 0 Å². The van der Waals surface area contributed by atoms with Crippen molar-refractivity contribution in [3.8, 4) is 0 Å². The summed E-state index contributed by atoms with van der Waals surface area (Å²) in [6.07, 6.45) is 4.86. The number of nitrogens with two attached hydrogens (primary N) is 1. The Balaban J connectivity index is 1.78. The molecule has 1 heterocycles. The highest BCUT2D eigenvalue weighted by Gasteiger charge is 2.46. The van der Waals surface area contributed by atoms with Crippen LogP contribution in [0.3, 0.4) is 0 Å². The van der Waals surface area contributed by atoms with E-state index in [1.165, 1.54) is 31.2 Å². The van der Waals surface area contributed by atoms with Crippen LogP contribution in [0.4, 0.5) is 11.4 Å². The summed E-state index contributed by atoms with van der Waals surface area (Å²) < 4.78 is 0. The third-order valence-corrected chi connectivity index (χ3v) is 5.22. The molecule has 2 aromatic rings. The molecule has 1 spiro atoms. The largest absolute Gasteiger partial charge is 0.398 e. The van der Waals surface area contributed by atoms with Gasteiger partial charge in [-0.05, 0) is 36.6 Å². The molecule has 0 unspecified atom stereocenters. The molecule has 4 rings (SSSR count). The van der Waals surface area contributed by atoms with Gasteiger partial charge >= 0.3 is 0 Å². The van der Waals surface area contributed by atoms with E-state index >= 15 is 0 Å².